The molecule has 1 amide bonds. The van der Waals surface area contributed by atoms with Gasteiger partial charge in [0.2, 0.25) is 0 Å². The number of fused-ring (bicyclic) bond motifs is 1. The number of hydrogen-bond donors (Lipinski definition) is 1. The number of carbonyl (C=O) groups is 1. The van der Waals surface area contributed by atoms with Crippen molar-refractivity contribution in [2.24, 2.45) is 11.8 Å². The molecule has 30 heavy (non-hydrogen) atoms. The van der Waals surface area contributed by atoms with E-state index in [0.717, 1.165) is 43.9 Å². The van der Waals surface area contributed by atoms with Crippen LogP contribution in [-0.4, -0.2) is 53.9 Å². The van der Waals surface area contributed by atoms with Crippen LogP contribution in [0, 0.1) is 18.8 Å². The number of rotatable bonds is 7. The third-order valence-corrected chi connectivity index (χ3v) is 6.84. The molecule has 3 aliphatic heterocycles. The maximum absolute atomic E-state index is 12.8. The van der Waals surface area contributed by atoms with Gasteiger partial charge in [-0.15, -0.1) is 0 Å². The molecule has 2 bridgehead atoms. The van der Waals surface area contributed by atoms with Gasteiger partial charge < -0.3 is 19.3 Å². The van der Waals surface area contributed by atoms with Crippen molar-refractivity contribution in [3.63, 3.8) is 0 Å². The first-order valence-electron chi connectivity index (χ1n) is 10.9. The Hall–Kier alpha value is -2.38. The molecule has 3 fully saturated rings. The quantitative estimate of drug-likeness (QED) is 0.755. The van der Waals surface area contributed by atoms with Gasteiger partial charge >= 0.3 is 0 Å². The van der Waals surface area contributed by atoms with Crippen LogP contribution in [0.15, 0.2) is 34.9 Å². The van der Waals surface area contributed by atoms with Crippen LogP contribution in [0.1, 0.15) is 41.6 Å². The highest BCUT2D eigenvalue weighted by atomic mass is 16.5. The summed E-state index contributed by atoms with van der Waals surface area (Å²) >= 11 is 0. The Morgan fingerprint density at radius 2 is 2.27 bits per heavy atom. The zero-order valence-corrected chi connectivity index (χ0v) is 17.6. The molecule has 3 saturated heterocycles. The van der Waals surface area contributed by atoms with Gasteiger partial charge in [0.15, 0.2) is 5.76 Å². The standard InChI is InChI=1S/C23H29N3O4/c1-3-28-20-7-5-4-6-17(20)22(27)24-11-18-19-13-26(12-16-10-15(2)25-30-16)14-23(19)9-8-21(18)29-23/h4-7,10,18-19,21H,3,8-9,11-14H2,1-2H3,(H,24,27)/t18-,19+,21+,23+/m0/s1. The van der Waals surface area contributed by atoms with E-state index in [1.165, 1.54) is 0 Å². The van der Waals surface area contributed by atoms with Gasteiger partial charge in [-0.3, -0.25) is 9.69 Å². The minimum atomic E-state index is -0.0807. The summed E-state index contributed by atoms with van der Waals surface area (Å²) in [7, 11) is 0. The number of carbonyl (C=O) groups excluding carboxylic acids is 1. The van der Waals surface area contributed by atoms with Crippen LogP contribution in [0.3, 0.4) is 0 Å². The molecule has 160 valence electrons. The Labute approximate surface area is 176 Å². The van der Waals surface area contributed by atoms with Crippen LogP contribution >= 0.6 is 0 Å². The first-order chi connectivity index (χ1) is 14.6. The first kappa shape index (κ1) is 19.6. The highest BCUT2D eigenvalue weighted by molar-refractivity contribution is 5.96. The Bertz CT molecular complexity index is 929. The van der Waals surface area contributed by atoms with Gasteiger partial charge in [-0.2, -0.15) is 0 Å². The van der Waals surface area contributed by atoms with E-state index in [1.54, 1.807) is 0 Å². The molecular formula is C23H29N3O4. The van der Waals surface area contributed by atoms with Crippen molar-refractivity contribution in [1.82, 2.24) is 15.4 Å². The average Bonchev–Trinajstić information content (AvgIpc) is 3.48. The molecule has 5 rings (SSSR count). The lowest BCUT2D eigenvalue weighted by Crippen LogP contribution is -2.42. The van der Waals surface area contributed by atoms with Gasteiger partial charge in [0.1, 0.15) is 5.75 Å². The predicted molar refractivity (Wildman–Crippen MR) is 110 cm³/mol. The largest absolute Gasteiger partial charge is 0.493 e. The zero-order chi connectivity index (χ0) is 20.7. The average molecular weight is 412 g/mol. The monoisotopic (exact) mass is 411 g/mol. The molecule has 1 aromatic carbocycles. The number of likely N-dealkylation sites (tertiary alicyclic amines) is 1. The zero-order valence-electron chi connectivity index (χ0n) is 17.6. The second-order valence-electron chi connectivity index (χ2n) is 8.77. The molecule has 0 saturated carbocycles. The summed E-state index contributed by atoms with van der Waals surface area (Å²) in [6.07, 6.45) is 2.42. The highest BCUT2D eigenvalue weighted by Crippen LogP contribution is 2.54. The highest BCUT2D eigenvalue weighted by Gasteiger charge is 2.62. The summed E-state index contributed by atoms with van der Waals surface area (Å²) in [5, 5.41) is 7.15. The number of ether oxygens (including phenoxy) is 2. The van der Waals surface area contributed by atoms with E-state index in [1.807, 2.05) is 44.2 Å². The molecule has 1 aromatic heterocycles. The van der Waals surface area contributed by atoms with Gasteiger partial charge in [0.25, 0.3) is 5.91 Å². The Balaban J connectivity index is 1.24. The van der Waals surface area contributed by atoms with E-state index in [0.29, 0.717) is 36.3 Å². The third-order valence-electron chi connectivity index (χ3n) is 6.84. The van der Waals surface area contributed by atoms with E-state index in [4.69, 9.17) is 14.0 Å². The number of amides is 1. The van der Waals surface area contributed by atoms with E-state index in [-0.39, 0.29) is 17.6 Å². The number of para-hydroxylation sites is 1. The van der Waals surface area contributed by atoms with Crippen molar-refractivity contribution in [3.8, 4) is 5.75 Å². The van der Waals surface area contributed by atoms with Crippen molar-refractivity contribution in [2.75, 3.05) is 26.2 Å². The van der Waals surface area contributed by atoms with Crippen LogP contribution in [0.5, 0.6) is 5.75 Å². The van der Waals surface area contributed by atoms with Crippen molar-refractivity contribution in [1.29, 1.82) is 0 Å². The van der Waals surface area contributed by atoms with E-state index < -0.39 is 0 Å². The second-order valence-corrected chi connectivity index (χ2v) is 8.77. The topological polar surface area (TPSA) is 76.8 Å². The van der Waals surface area contributed by atoms with Crippen LogP contribution in [0.25, 0.3) is 0 Å². The van der Waals surface area contributed by atoms with Crippen LogP contribution in [-0.2, 0) is 11.3 Å². The molecule has 7 heteroatoms. The number of hydrogen-bond acceptors (Lipinski definition) is 6. The van der Waals surface area contributed by atoms with Gasteiger partial charge in [-0.25, -0.2) is 0 Å². The second kappa shape index (κ2) is 7.71. The number of benzene rings is 1. The lowest BCUT2D eigenvalue weighted by Gasteiger charge is -2.29. The minimum Gasteiger partial charge on any atom is -0.493 e. The maximum atomic E-state index is 12.8. The molecule has 7 nitrogen and oxygen atoms in total. The van der Waals surface area contributed by atoms with Crippen molar-refractivity contribution in [3.05, 3.63) is 47.3 Å². The van der Waals surface area contributed by atoms with Crippen molar-refractivity contribution in [2.45, 2.75) is 44.9 Å². The molecular weight excluding hydrogens is 382 g/mol. The fourth-order valence-corrected chi connectivity index (χ4v) is 5.63. The van der Waals surface area contributed by atoms with Crippen LogP contribution in [0.4, 0.5) is 0 Å². The Morgan fingerprint density at radius 3 is 3.07 bits per heavy atom. The van der Waals surface area contributed by atoms with Gasteiger partial charge in [0.05, 0.1) is 36.1 Å². The predicted octanol–water partition coefficient (Wildman–Crippen LogP) is 2.79. The summed E-state index contributed by atoms with van der Waals surface area (Å²) < 4.78 is 17.5. The molecule has 4 heterocycles. The molecule has 3 aliphatic rings. The summed E-state index contributed by atoms with van der Waals surface area (Å²) in [5.74, 6) is 2.22. The molecule has 1 N–H and O–H groups in total. The van der Waals surface area contributed by atoms with E-state index in [9.17, 15) is 4.79 Å². The molecule has 2 aromatic rings. The molecule has 0 radical (unpaired) electrons. The molecule has 4 atom stereocenters. The third kappa shape index (κ3) is 3.40. The summed E-state index contributed by atoms with van der Waals surface area (Å²) in [4.78, 5) is 15.2. The minimum absolute atomic E-state index is 0.0711. The smallest absolute Gasteiger partial charge is 0.255 e. The lowest BCUT2D eigenvalue weighted by atomic mass is 9.73. The molecule has 0 aliphatic carbocycles. The Morgan fingerprint density at radius 1 is 1.40 bits per heavy atom. The van der Waals surface area contributed by atoms with E-state index >= 15 is 0 Å². The SMILES string of the molecule is CCOc1ccccc1C(=O)NC[C@H]1[C@H]2CN(Cc3cc(C)no3)C[C@]23CC[C@H]1O3. The summed E-state index contributed by atoms with van der Waals surface area (Å²) in [6.45, 7) is 7.68. The fraction of sp³-hybridized carbons (Fsp3) is 0.565. The van der Waals surface area contributed by atoms with Gasteiger partial charge in [-0.05, 0) is 38.8 Å². The molecule has 1 spiro atoms. The maximum Gasteiger partial charge on any atom is 0.255 e. The number of aromatic nitrogens is 1. The fourth-order valence-electron chi connectivity index (χ4n) is 5.63. The summed E-state index contributed by atoms with van der Waals surface area (Å²) in [6, 6.07) is 9.41. The van der Waals surface area contributed by atoms with Crippen LogP contribution < -0.4 is 10.1 Å². The number of aryl methyl sites for hydroxylation is 1. The van der Waals surface area contributed by atoms with Crippen molar-refractivity contribution < 1.29 is 18.8 Å². The van der Waals surface area contributed by atoms with Gasteiger partial charge in [-0.1, -0.05) is 17.3 Å². The lowest BCUT2D eigenvalue weighted by molar-refractivity contribution is 0.00155. The van der Waals surface area contributed by atoms with Crippen molar-refractivity contribution >= 4 is 5.91 Å². The first-order valence-corrected chi connectivity index (χ1v) is 10.9. The summed E-state index contributed by atoms with van der Waals surface area (Å²) in [5.41, 5.74) is 1.43. The van der Waals surface area contributed by atoms with Gasteiger partial charge in [0, 0.05) is 37.5 Å². The normalized spacial score (nSPS) is 29.9. The number of nitrogens with zero attached hydrogens (tertiary/aromatic N) is 2. The van der Waals surface area contributed by atoms with E-state index in [2.05, 4.69) is 15.4 Å². The molecule has 0 unspecified atom stereocenters. The Kier molecular flexibility index (Phi) is 5.03. The van der Waals surface area contributed by atoms with Crippen LogP contribution in [0.2, 0.25) is 0 Å². The number of nitrogens with one attached hydrogen (secondary N) is 1.